The van der Waals surface area contributed by atoms with Crippen LogP contribution in [-0.4, -0.2) is 157 Å². The lowest BCUT2D eigenvalue weighted by Crippen LogP contribution is -2.49. The molecule has 3 saturated heterocycles. The van der Waals surface area contributed by atoms with Gasteiger partial charge in [-0.2, -0.15) is 12.7 Å². The Hall–Kier alpha value is -3.80. The van der Waals surface area contributed by atoms with Gasteiger partial charge in [0.15, 0.2) is 5.78 Å². The zero-order valence-corrected chi connectivity index (χ0v) is 47.4. The topological polar surface area (TPSA) is 130 Å². The lowest BCUT2D eigenvalue weighted by atomic mass is 9.96. The third-order valence-electron chi connectivity index (χ3n) is 13.6. The molecule has 20 heteroatoms. The summed E-state index contributed by atoms with van der Waals surface area (Å²) in [5.41, 5.74) is 2.17. The molecule has 0 N–H and O–H groups in total. The van der Waals surface area contributed by atoms with E-state index in [4.69, 9.17) is 30.8 Å². The molecule has 0 bridgehead atoms. The van der Waals surface area contributed by atoms with E-state index in [1.54, 1.807) is 17.0 Å². The number of piperazine rings is 1. The van der Waals surface area contributed by atoms with Crippen molar-refractivity contribution in [2.75, 3.05) is 94.6 Å². The molecule has 1 atom stereocenters. The summed E-state index contributed by atoms with van der Waals surface area (Å²) in [4.78, 5) is 39.2. The number of hydrogen-bond donors (Lipinski definition) is 0. The van der Waals surface area contributed by atoms with Crippen molar-refractivity contribution in [3.8, 4) is 11.1 Å². The van der Waals surface area contributed by atoms with Crippen LogP contribution in [0.5, 0.6) is 0 Å². The van der Waals surface area contributed by atoms with Crippen molar-refractivity contribution in [2.24, 2.45) is 5.92 Å². The zero-order chi connectivity index (χ0) is 52.2. The third-order valence-corrected chi connectivity index (χ3v) is 19.2. The number of halogens is 3. The van der Waals surface area contributed by atoms with Gasteiger partial charge in [-0.1, -0.05) is 63.0 Å². The molecule has 0 radical (unpaired) electrons. The van der Waals surface area contributed by atoms with Crippen molar-refractivity contribution in [3.05, 3.63) is 76.8 Å². The molecule has 0 unspecified atom stereocenters. The maximum absolute atomic E-state index is 16.2. The van der Waals surface area contributed by atoms with Gasteiger partial charge in [-0.3, -0.25) is 19.4 Å². The number of piperidine rings is 1. The van der Waals surface area contributed by atoms with Gasteiger partial charge in [-0.05, 0) is 107 Å². The number of aromatic nitrogens is 2. The molecular weight excluding hydrogens is 996 g/mol. The average Bonchev–Trinajstić information content (AvgIpc) is 3.91. The van der Waals surface area contributed by atoms with E-state index in [1.807, 2.05) is 39.0 Å². The summed E-state index contributed by atoms with van der Waals surface area (Å²) in [7, 11) is -7.39. The second-order valence-corrected chi connectivity index (χ2v) is 36.6. The van der Waals surface area contributed by atoms with E-state index in [2.05, 4.69) is 66.1 Å². The standard InChI is InChI=1S/C52H76ClF2N7O7SSi2/c1-52(2,3)69-47(63)35-57-19-16-38(17-20-57)32-58-22-24-59(25-23-58)42-12-10-39(11-13-42)40-30-43-44(34-60(51(43)56-31-40)36-67-26-28-71(4,5)6)50(64)48-45(55)14-15-46(49(48)53)62(37-68-27-29-72(7,8)9)70(65,66)61-21-18-41(54)33-61/h10-15,30-31,34,38,41H,16-29,32-33,35-37H2,1-9H3/t41-/m1/s1. The van der Waals surface area contributed by atoms with Gasteiger partial charge in [-0.15, -0.1) is 0 Å². The normalized spacial score (nSPS) is 18.3. The summed E-state index contributed by atoms with van der Waals surface area (Å²) < 4.78 is 80.3. The van der Waals surface area contributed by atoms with Crippen molar-refractivity contribution < 1.29 is 41.0 Å². The molecule has 4 aromatic rings. The molecular formula is C52H76ClF2N7O7SSi2. The molecule has 14 nitrogen and oxygen atoms in total. The number of esters is 1. The van der Waals surface area contributed by atoms with E-state index in [-0.39, 0.29) is 50.1 Å². The summed E-state index contributed by atoms with van der Waals surface area (Å²) in [5.74, 6) is -1.25. The Kier molecular flexibility index (Phi) is 18.2. The van der Waals surface area contributed by atoms with E-state index in [0.717, 1.165) is 102 Å². The molecule has 3 aliphatic heterocycles. The second kappa shape index (κ2) is 23.4. The van der Waals surface area contributed by atoms with Gasteiger partial charge in [0.2, 0.25) is 0 Å². The first-order valence-electron chi connectivity index (χ1n) is 25.5. The minimum atomic E-state index is -4.41. The molecule has 0 spiro atoms. The van der Waals surface area contributed by atoms with Crippen LogP contribution < -0.4 is 9.21 Å². The Morgan fingerprint density at radius 2 is 1.50 bits per heavy atom. The first-order valence-corrected chi connectivity index (χ1v) is 34.6. The SMILES string of the molecule is CC(C)(C)OC(=O)CN1CCC(CN2CCN(c3ccc(-c4cnc5c(c4)c(C(=O)c4c(F)ccc(N(COCC[Si](C)(C)C)S(=O)(=O)N6CC[C@@H](F)C6)c4Cl)cn5COCC[Si](C)(C)C)cc3)CC2)CC1. The van der Waals surface area contributed by atoms with Gasteiger partial charge in [0.1, 0.15) is 36.7 Å². The van der Waals surface area contributed by atoms with E-state index in [1.165, 1.54) is 6.07 Å². The molecule has 0 saturated carbocycles. The quantitative estimate of drug-likeness (QED) is 0.0260. The van der Waals surface area contributed by atoms with Gasteiger partial charge in [0.05, 0.1) is 28.4 Å². The van der Waals surface area contributed by atoms with Crippen LogP contribution in [0.25, 0.3) is 22.2 Å². The maximum Gasteiger partial charge on any atom is 0.320 e. The van der Waals surface area contributed by atoms with Crippen molar-refractivity contribution in [2.45, 2.75) is 110 Å². The summed E-state index contributed by atoms with van der Waals surface area (Å²) in [6.07, 6.45) is 4.19. The first kappa shape index (κ1) is 55.9. The predicted octanol–water partition coefficient (Wildman–Crippen LogP) is 9.62. The molecule has 3 fully saturated rings. The number of hydrogen-bond acceptors (Lipinski definition) is 11. The number of carbonyl (C=O) groups is 2. The van der Waals surface area contributed by atoms with Crippen molar-refractivity contribution in [1.29, 1.82) is 0 Å². The molecule has 7 rings (SSSR count). The van der Waals surface area contributed by atoms with E-state index in [9.17, 15) is 22.4 Å². The molecule has 396 valence electrons. The summed E-state index contributed by atoms with van der Waals surface area (Å²) in [6, 6.07) is 14.1. The Labute approximate surface area is 433 Å². The Balaban J connectivity index is 1.09. The van der Waals surface area contributed by atoms with Crippen LogP contribution in [0.4, 0.5) is 20.2 Å². The molecule has 3 aliphatic rings. The molecule has 5 heterocycles. The highest BCUT2D eigenvalue weighted by Gasteiger charge is 2.38. The van der Waals surface area contributed by atoms with Gasteiger partial charge in [0, 0.05) is 104 Å². The number of benzene rings is 2. The van der Waals surface area contributed by atoms with Gasteiger partial charge >= 0.3 is 16.2 Å². The minimum Gasteiger partial charge on any atom is -0.459 e. The van der Waals surface area contributed by atoms with Crippen LogP contribution in [0.15, 0.2) is 54.9 Å². The Morgan fingerprint density at radius 1 is 0.847 bits per heavy atom. The maximum atomic E-state index is 16.2. The molecule has 0 aliphatic carbocycles. The molecule has 72 heavy (non-hydrogen) atoms. The highest BCUT2D eigenvalue weighted by molar-refractivity contribution is 7.90. The monoisotopic (exact) mass is 1070 g/mol. The number of alkyl halides is 1. The van der Waals surface area contributed by atoms with Gasteiger partial charge in [-0.25, -0.2) is 18.1 Å². The second-order valence-electron chi connectivity index (χ2n) is 23.1. The Morgan fingerprint density at radius 3 is 2.11 bits per heavy atom. The molecule has 0 amide bonds. The smallest absolute Gasteiger partial charge is 0.320 e. The lowest BCUT2D eigenvalue weighted by molar-refractivity contribution is -0.156. The highest BCUT2D eigenvalue weighted by atomic mass is 35.5. The van der Waals surface area contributed by atoms with Crippen molar-refractivity contribution >= 4 is 72.1 Å². The number of likely N-dealkylation sites (tertiary alicyclic amines) is 1. The number of rotatable bonds is 21. The van der Waals surface area contributed by atoms with Crippen LogP contribution in [0.3, 0.4) is 0 Å². The van der Waals surface area contributed by atoms with Crippen LogP contribution in [0.2, 0.25) is 56.4 Å². The van der Waals surface area contributed by atoms with Crippen LogP contribution in [0.1, 0.15) is 56.0 Å². The highest BCUT2D eigenvalue weighted by Crippen LogP contribution is 2.38. The summed E-state index contributed by atoms with van der Waals surface area (Å²) in [5, 5.41) is 0.0462. The number of ketones is 1. The number of anilines is 2. The Bertz CT molecular complexity index is 2630. The fraction of sp³-hybridized carbons (Fsp3) is 0.596. The fourth-order valence-corrected chi connectivity index (χ4v) is 12.8. The van der Waals surface area contributed by atoms with Crippen LogP contribution in [-0.2, 0) is 35.9 Å². The number of pyridine rings is 1. The largest absolute Gasteiger partial charge is 0.459 e. The summed E-state index contributed by atoms with van der Waals surface area (Å²) >= 11 is 7.00. The third kappa shape index (κ3) is 14.7. The van der Waals surface area contributed by atoms with E-state index >= 15 is 4.39 Å². The van der Waals surface area contributed by atoms with Crippen molar-refractivity contribution in [3.63, 3.8) is 0 Å². The average molecular weight is 1070 g/mol. The lowest BCUT2D eigenvalue weighted by Gasteiger charge is -2.39. The number of fused-ring (bicyclic) bond motifs is 1. The molecule has 2 aromatic heterocycles. The van der Waals surface area contributed by atoms with E-state index < -0.39 is 67.0 Å². The predicted molar refractivity (Wildman–Crippen MR) is 289 cm³/mol. The van der Waals surface area contributed by atoms with Gasteiger partial charge < -0.3 is 23.7 Å². The number of nitrogens with zero attached hydrogens (tertiary/aromatic N) is 7. The van der Waals surface area contributed by atoms with Crippen LogP contribution in [0, 0.1) is 11.7 Å². The zero-order valence-electron chi connectivity index (χ0n) is 43.8. The number of ether oxygens (including phenoxy) is 3. The first-order chi connectivity index (χ1) is 33.8. The molecule has 2 aromatic carbocycles. The van der Waals surface area contributed by atoms with Crippen molar-refractivity contribution in [1.82, 2.24) is 23.7 Å². The van der Waals surface area contributed by atoms with E-state index in [0.29, 0.717) is 30.1 Å². The number of carbonyl (C=O) groups excluding carboxylic acids is 2. The summed E-state index contributed by atoms with van der Waals surface area (Å²) in [6.45, 7) is 26.0. The van der Waals surface area contributed by atoms with Gasteiger partial charge in [0.25, 0.3) is 0 Å². The fourth-order valence-electron chi connectivity index (χ4n) is 9.35. The van der Waals surface area contributed by atoms with Crippen LogP contribution >= 0.6 is 11.6 Å². The minimum absolute atomic E-state index is 0.0386.